The molecular weight excluding hydrogens is 391 g/mol. The SMILES string of the molecule is Cc1nc(C2=CCC(C(F)(F)F)CC2)cc(=O)n1CC(=O)NCC1(CO)COC1. The van der Waals surface area contributed by atoms with Crippen LogP contribution in [0.5, 0.6) is 0 Å². The molecule has 1 unspecified atom stereocenters. The summed E-state index contributed by atoms with van der Waals surface area (Å²) in [6.07, 6.45) is -2.68. The van der Waals surface area contributed by atoms with Gasteiger partial charge in [-0.25, -0.2) is 4.98 Å². The second kappa shape index (κ2) is 8.27. The molecular formula is C19H24F3N3O4. The van der Waals surface area contributed by atoms with Gasteiger partial charge < -0.3 is 15.2 Å². The summed E-state index contributed by atoms with van der Waals surface area (Å²) in [6.45, 7) is 2.22. The molecule has 1 aromatic rings. The van der Waals surface area contributed by atoms with Crippen molar-refractivity contribution >= 4 is 11.5 Å². The van der Waals surface area contributed by atoms with Crippen LogP contribution in [-0.4, -0.2) is 53.1 Å². The van der Waals surface area contributed by atoms with E-state index in [1.165, 1.54) is 16.7 Å². The summed E-state index contributed by atoms with van der Waals surface area (Å²) in [5, 5.41) is 12.1. The van der Waals surface area contributed by atoms with Crippen LogP contribution in [0.2, 0.25) is 0 Å². The first-order valence-corrected chi connectivity index (χ1v) is 9.43. The molecule has 1 aromatic heterocycles. The predicted octanol–water partition coefficient (Wildman–Crippen LogP) is 1.42. The third-order valence-electron chi connectivity index (χ3n) is 5.52. The number of aliphatic hydroxyl groups excluding tert-OH is 1. The van der Waals surface area contributed by atoms with Crippen molar-refractivity contribution in [3.63, 3.8) is 0 Å². The Balaban J connectivity index is 1.66. The van der Waals surface area contributed by atoms with E-state index in [4.69, 9.17) is 4.74 Å². The molecule has 1 aliphatic carbocycles. The Morgan fingerprint density at radius 1 is 1.45 bits per heavy atom. The molecule has 0 saturated carbocycles. The largest absolute Gasteiger partial charge is 0.396 e. The molecule has 160 valence electrons. The fourth-order valence-corrected chi connectivity index (χ4v) is 3.47. The van der Waals surface area contributed by atoms with Crippen molar-refractivity contribution in [2.75, 3.05) is 26.4 Å². The molecule has 1 atom stereocenters. The topological polar surface area (TPSA) is 93.5 Å². The van der Waals surface area contributed by atoms with Gasteiger partial charge in [-0.05, 0) is 31.8 Å². The van der Waals surface area contributed by atoms with E-state index < -0.39 is 29.0 Å². The number of hydrogen-bond donors (Lipinski definition) is 2. The number of ether oxygens (including phenoxy) is 1. The summed E-state index contributed by atoms with van der Waals surface area (Å²) >= 11 is 0. The van der Waals surface area contributed by atoms with Gasteiger partial charge in [0.1, 0.15) is 12.4 Å². The quantitative estimate of drug-likeness (QED) is 0.733. The van der Waals surface area contributed by atoms with Crippen LogP contribution in [0.3, 0.4) is 0 Å². The van der Waals surface area contributed by atoms with E-state index in [0.717, 1.165) is 0 Å². The lowest BCUT2D eigenvalue weighted by Crippen LogP contribution is -2.53. The van der Waals surface area contributed by atoms with Crippen molar-refractivity contribution in [3.8, 4) is 0 Å². The van der Waals surface area contributed by atoms with E-state index in [1.807, 2.05) is 0 Å². The average molecular weight is 415 g/mol. The number of carbonyl (C=O) groups is 1. The van der Waals surface area contributed by atoms with Crippen LogP contribution in [-0.2, 0) is 16.1 Å². The molecule has 2 aliphatic rings. The van der Waals surface area contributed by atoms with Gasteiger partial charge in [0.05, 0.1) is 36.8 Å². The molecule has 10 heteroatoms. The highest BCUT2D eigenvalue weighted by molar-refractivity contribution is 5.75. The monoisotopic (exact) mass is 415 g/mol. The number of aliphatic hydroxyl groups is 1. The Labute approximate surface area is 165 Å². The van der Waals surface area contributed by atoms with Crippen molar-refractivity contribution in [3.05, 3.63) is 34.0 Å². The van der Waals surface area contributed by atoms with Crippen LogP contribution in [0.25, 0.3) is 5.57 Å². The smallest absolute Gasteiger partial charge is 0.392 e. The van der Waals surface area contributed by atoms with Gasteiger partial charge in [0.15, 0.2) is 0 Å². The van der Waals surface area contributed by atoms with E-state index in [2.05, 4.69) is 10.3 Å². The number of aryl methyl sites for hydroxylation is 1. The van der Waals surface area contributed by atoms with Gasteiger partial charge in [-0.1, -0.05) is 6.08 Å². The minimum Gasteiger partial charge on any atom is -0.396 e. The molecule has 7 nitrogen and oxygen atoms in total. The molecule has 0 spiro atoms. The number of aromatic nitrogens is 2. The van der Waals surface area contributed by atoms with Crippen LogP contribution < -0.4 is 10.9 Å². The number of carbonyl (C=O) groups excluding carboxylic acids is 1. The number of alkyl halides is 3. The highest BCUT2D eigenvalue weighted by Crippen LogP contribution is 2.38. The summed E-state index contributed by atoms with van der Waals surface area (Å²) in [6, 6.07) is 1.26. The Morgan fingerprint density at radius 3 is 2.66 bits per heavy atom. The van der Waals surface area contributed by atoms with Crippen molar-refractivity contribution in [1.82, 2.24) is 14.9 Å². The molecule has 3 rings (SSSR count). The first-order chi connectivity index (χ1) is 13.6. The average Bonchev–Trinajstić information content (AvgIpc) is 2.63. The fourth-order valence-electron chi connectivity index (χ4n) is 3.47. The highest BCUT2D eigenvalue weighted by Gasteiger charge is 2.40. The third-order valence-corrected chi connectivity index (χ3v) is 5.52. The molecule has 0 bridgehead atoms. The second-order valence-corrected chi connectivity index (χ2v) is 7.78. The minimum atomic E-state index is -4.22. The van der Waals surface area contributed by atoms with Crippen molar-refractivity contribution < 1.29 is 27.8 Å². The maximum absolute atomic E-state index is 12.8. The maximum atomic E-state index is 12.8. The first-order valence-electron chi connectivity index (χ1n) is 9.43. The molecule has 0 radical (unpaired) electrons. The van der Waals surface area contributed by atoms with Crippen LogP contribution >= 0.6 is 0 Å². The third kappa shape index (κ3) is 4.87. The van der Waals surface area contributed by atoms with E-state index in [9.17, 15) is 27.9 Å². The standard InChI is InChI=1S/C19H24F3N3O4/c1-12-24-15(13-2-4-14(5-3-13)19(20,21)22)6-17(28)25(12)7-16(27)23-8-18(9-26)10-29-11-18/h2,6,14,26H,3-5,7-11H2,1H3,(H,23,27). The summed E-state index contributed by atoms with van der Waals surface area (Å²) in [5.41, 5.74) is 0.0672. The zero-order chi connectivity index (χ0) is 21.2. The lowest BCUT2D eigenvalue weighted by molar-refractivity contribution is -0.175. The zero-order valence-corrected chi connectivity index (χ0v) is 16.1. The first kappa shape index (κ1) is 21.5. The predicted molar refractivity (Wildman–Crippen MR) is 98.0 cm³/mol. The summed E-state index contributed by atoms with van der Waals surface area (Å²) < 4.78 is 44.7. The summed E-state index contributed by atoms with van der Waals surface area (Å²) in [5.74, 6) is -1.44. The van der Waals surface area contributed by atoms with Crippen LogP contribution in [0.1, 0.15) is 30.8 Å². The lowest BCUT2D eigenvalue weighted by atomic mass is 9.87. The van der Waals surface area contributed by atoms with E-state index in [1.54, 1.807) is 6.92 Å². The van der Waals surface area contributed by atoms with Crippen LogP contribution in [0.15, 0.2) is 16.9 Å². The Bertz CT molecular complexity index is 854. The number of rotatable bonds is 6. The fraction of sp³-hybridized carbons (Fsp3) is 0.632. The van der Waals surface area contributed by atoms with Gasteiger partial charge in [0.2, 0.25) is 5.91 Å². The number of amides is 1. The maximum Gasteiger partial charge on any atom is 0.392 e. The van der Waals surface area contributed by atoms with Crippen LogP contribution in [0.4, 0.5) is 13.2 Å². The molecule has 1 saturated heterocycles. The van der Waals surface area contributed by atoms with Crippen molar-refractivity contribution in [2.45, 2.75) is 38.9 Å². The number of allylic oxidation sites excluding steroid dienone is 2. The van der Waals surface area contributed by atoms with Gasteiger partial charge in [-0.3, -0.25) is 14.2 Å². The molecule has 0 aromatic carbocycles. The number of nitrogens with one attached hydrogen (secondary N) is 1. The van der Waals surface area contributed by atoms with E-state index >= 15 is 0 Å². The van der Waals surface area contributed by atoms with Crippen molar-refractivity contribution in [2.24, 2.45) is 11.3 Å². The summed E-state index contributed by atoms with van der Waals surface area (Å²) in [7, 11) is 0. The van der Waals surface area contributed by atoms with Crippen LogP contribution in [0, 0.1) is 18.3 Å². The normalized spacial score (nSPS) is 21.3. The molecule has 2 N–H and O–H groups in total. The van der Waals surface area contributed by atoms with Gasteiger partial charge in [-0.15, -0.1) is 0 Å². The van der Waals surface area contributed by atoms with E-state index in [-0.39, 0.29) is 39.0 Å². The van der Waals surface area contributed by atoms with E-state index in [0.29, 0.717) is 30.3 Å². The molecule has 1 fully saturated rings. The highest BCUT2D eigenvalue weighted by atomic mass is 19.4. The second-order valence-electron chi connectivity index (χ2n) is 7.78. The summed E-state index contributed by atoms with van der Waals surface area (Å²) in [4.78, 5) is 29.0. The number of halogens is 3. The molecule has 1 amide bonds. The van der Waals surface area contributed by atoms with Gasteiger partial charge in [0, 0.05) is 12.6 Å². The Kier molecular flexibility index (Phi) is 6.13. The Hall–Kier alpha value is -2.20. The Morgan fingerprint density at radius 2 is 2.17 bits per heavy atom. The van der Waals surface area contributed by atoms with Gasteiger partial charge >= 0.3 is 6.18 Å². The number of nitrogens with zero attached hydrogens (tertiary/aromatic N) is 2. The lowest BCUT2D eigenvalue weighted by Gasteiger charge is -2.39. The molecule has 1 aliphatic heterocycles. The van der Waals surface area contributed by atoms with Gasteiger partial charge in [-0.2, -0.15) is 13.2 Å². The molecule has 29 heavy (non-hydrogen) atoms. The minimum absolute atomic E-state index is 0.0299. The zero-order valence-electron chi connectivity index (χ0n) is 16.1. The number of hydrogen-bond acceptors (Lipinski definition) is 5. The van der Waals surface area contributed by atoms with Gasteiger partial charge in [0.25, 0.3) is 5.56 Å². The molecule has 2 heterocycles. The van der Waals surface area contributed by atoms with Crippen molar-refractivity contribution in [1.29, 1.82) is 0 Å².